The van der Waals surface area contributed by atoms with Gasteiger partial charge in [0.25, 0.3) is 0 Å². The number of nitrogens with zero attached hydrogens (tertiary/aromatic N) is 2. The molecule has 2 N–H and O–H groups in total. The number of aliphatic imine (C=N–C) groups is 1. The molecular formula is C19H28N4S. The lowest BCUT2D eigenvalue weighted by Gasteiger charge is -2.14. The van der Waals surface area contributed by atoms with Gasteiger partial charge in [-0.2, -0.15) is 0 Å². The van der Waals surface area contributed by atoms with Crippen LogP contribution in [0, 0.1) is 6.92 Å². The maximum absolute atomic E-state index is 4.72. The molecule has 0 aliphatic rings. The highest BCUT2D eigenvalue weighted by Crippen LogP contribution is 2.23. The van der Waals surface area contributed by atoms with Crippen molar-refractivity contribution in [2.75, 3.05) is 6.54 Å². The zero-order chi connectivity index (χ0) is 17.6. The smallest absolute Gasteiger partial charge is 0.191 e. The van der Waals surface area contributed by atoms with Crippen molar-refractivity contribution in [2.45, 2.75) is 53.1 Å². The van der Waals surface area contributed by atoms with Crippen LogP contribution in [0.5, 0.6) is 0 Å². The van der Waals surface area contributed by atoms with E-state index in [2.05, 4.69) is 79.9 Å². The second-order valence-corrected chi connectivity index (χ2v) is 7.79. The summed E-state index contributed by atoms with van der Waals surface area (Å²) in [5.74, 6) is 0.827. The maximum atomic E-state index is 4.72. The number of nitrogens with one attached hydrogen (secondary N) is 2. The molecule has 0 spiro atoms. The fourth-order valence-corrected chi connectivity index (χ4v) is 3.15. The van der Waals surface area contributed by atoms with Crippen molar-refractivity contribution in [1.82, 2.24) is 15.6 Å². The van der Waals surface area contributed by atoms with Gasteiger partial charge in [0.1, 0.15) is 5.01 Å². The van der Waals surface area contributed by atoms with E-state index < -0.39 is 0 Å². The summed E-state index contributed by atoms with van der Waals surface area (Å²) < 4.78 is 0. The van der Waals surface area contributed by atoms with Crippen LogP contribution < -0.4 is 10.6 Å². The first-order valence-electron chi connectivity index (χ1n) is 8.41. The van der Waals surface area contributed by atoms with Gasteiger partial charge in [-0.05, 0) is 25.0 Å². The predicted octanol–water partition coefficient (Wildman–Crippen LogP) is 4.00. The van der Waals surface area contributed by atoms with Crippen molar-refractivity contribution in [3.63, 3.8) is 0 Å². The van der Waals surface area contributed by atoms with E-state index in [0.717, 1.165) is 23.2 Å². The standard InChI is InChI=1S/C19H28N4S/c1-6-20-18(21-11-15-10-8-7-9-14(15)2)22-12-17-23-16(13-24-17)19(3,4)5/h7-10,13H,6,11-12H2,1-5H3,(H2,20,21,22). The summed E-state index contributed by atoms with van der Waals surface area (Å²) in [5, 5.41) is 9.91. The Hall–Kier alpha value is -1.88. The SMILES string of the molecule is CCNC(=NCc1ccccc1C)NCc1nc(C(C)(C)C)cs1. The topological polar surface area (TPSA) is 49.3 Å². The van der Waals surface area contributed by atoms with Crippen molar-refractivity contribution in [1.29, 1.82) is 0 Å². The van der Waals surface area contributed by atoms with E-state index in [0.29, 0.717) is 13.1 Å². The molecule has 0 unspecified atom stereocenters. The molecule has 0 atom stereocenters. The molecule has 130 valence electrons. The van der Waals surface area contributed by atoms with Gasteiger partial charge in [0.2, 0.25) is 0 Å². The number of rotatable bonds is 5. The van der Waals surface area contributed by atoms with Crippen LogP contribution in [0.25, 0.3) is 0 Å². The first-order chi connectivity index (χ1) is 11.4. The zero-order valence-corrected chi connectivity index (χ0v) is 16.1. The number of aryl methyl sites for hydroxylation is 1. The van der Waals surface area contributed by atoms with Gasteiger partial charge in [-0.1, -0.05) is 45.0 Å². The number of aromatic nitrogens is 1. The van der Waals surface area contributed by atoms with Crippen LogP contribution in [-0.4, -0.2) is 17.5 Å². The quantitative estimate of drug-likeness (QED) is 0.636. The predicted molar refractivity (Wildman–Crippen MR) is 104 cm³/mol. The first-order valence-corrected chi connectivity index (χ1v) is 9.29. The summed E-state index contributed by atoms with van der Waals surface area (Å²) in [5.41, 5.74) is 3.76. The van der Waals surface area contributed by atoms with E-state index in [4.69, 9.17) is 4.98 Å². The normalized spacial score (nSPS) is 12.3. The minimum Gasteiger partial charge on any atom is -0.357 e. The molecule has 0 saturated heterocycles. The zero-order valence-electron chi connectivity index (χ0n) is 15.3. The van der Waals surface area contributed by atoms with Crippen LogP contribution in [0.4, 0.5) is 0 Å². The summed E-state index contributed by atoms with van der Waals surface area (Å²) >= 11 is 1.70. The average Bonchev–Trinajstić information content (AvgIpc) is 3.00. The van der Waals surface area contributed by atoms with Gasteiger partial charge in [-0.15, -0.1) is 11.3 Å². The molecule has 0 radical (unpaired) electrons. The van der Waals surface area contributed by atoms with E-state index in [1.54, 1.807) is 11.3 Å². The minimum absolute atomic E-state index is 0.0954. The monoisotopic (exact) mass is 344 g/mol. The van der Waals surface area contributed by atoms with Crippen LogP contribution in [0.3, 0.4) is 0 Å². The summed E-state index contributed by atoms with van der Waals surface area (Å²) in [7, 11) is 0. The molecule has 0 aliphatic heterocycles. The van der Waals surface area contributed by atoms with Crippen LogP contribution in [-0.2, 0) is 18.5 Å². The maximum Gasteiger partial charge on any atom is 0.191 e. The number of hydrogen-bond donors (Lipinski definition) is 2. The largest absolute Gasteiger partial charge is 0.357 e. The van der Waals surface area contributed by atoms with Gasteiger partial charge >= 0.3 is 0 Å². The van der Waals surface area contributed by atoms with Crippen molar-refractivity contribution >= 4 is 17.3 Å². The molecule has 5 heteroatoms. The molecule has 0 fully saturated rings. The van der Waals surface area contributed by atoms with Crippen molar-refractivity contribution in [2.24, 2.45) is 4.99 Å². The Morgan fingerprint density at radius 3 is 2.58 bits per heavy atom. The number of hydrogen-bond acceptors (Lipinski definition) is 3. The fraction of sp³-hybridized carbons (Fsp3) is 0.474. The second kappa shape index (κ2) is 8.29. The van der Waals surface area contributed by atoms with E-state index in [-0.39, 0.29) is 5.41 Å². The average molecular weight is 345 g/mol. The number of thiazole rings is 1. The number of benzene rings is 1. The third kappa shape index (κ3) is 5.34. The van der Waals surface area contributed by atoms with Gasteiger partial charge < -0.3 is 10.6 Å². The molecule has 24 heavy (non-hydrogen) atoms. The molecule has 1 aromatic carbocycles. The molecular weight excluding hydrogens is 316 g/mol. The summed E-state index contributed by atoms with van der Waals surface area (Å²) in [6.07, 6.45) is 0. The van der Waals surface area contributed by atoms with Gasteiger partial charge in [0.15, 0.2) is 5.96 Å². The Morgan fingerprint density at radius 1 is 1.21 bits per heavy atom. The van der Waals surface area contributed by atoms with Gasteiger partial charge in [-0.3, -0.25) is 0 Å². The molecule has 2 aromatic rings. The van der Waals surface area contributed by atoms with Gasteiger partial charge in [0.05, 0.1) is 18.8 Å². The molecule has 1 aromatic heterocycles. The Balaban J connectivity index is 1.99. The summed E-state index contributed by atoms with van der Waals surface area (Å²) in [4.78, 5) is 9.41. The molecule has 0 bridgehead atoms. The lowest BCUT2D eigenvalue weighted by Crippen LogP contribution is -2.36. The second-order valence-electron chi connectivity index (χ2n) is 6.85. The molecule has 0 saturated carbocycles. The minimum atomic E-state index is 0.0954. The highest BCUT2D eigenvalue weighted by Gasteiger charge is 2.17. The van der Waals surface area contributed by atoms with E-state index >= 15 is 0 Å². The number of guanidine groups is 1. The Labute approximate surface area is 149 Å². The fourth-order valence-electron chi connectivity index (χ4n) is 2.19. The third-order valence-electron chi connectivity index (χ3n) is 3.74. The molecule has 0 amide bonds. The molecule has 0 aliphatic carbocycles. The van der Waals surface area contributed by atoms with Crippen molar-refractivity contribution in [3.05, 3.63) is 51.5 Å². The van der Waals surface area contributed by atoms with Crippen LogP contribution >= 0.6 is 11.3 Å². The molecule has 2 rings (SSSR count). The first kappa shape index (κ1) is 18.5. The van der Waals surface area contributed by atoms with Gasteiger partial charge in [-0.25, -0.2) is 9.98 Å². The summed E-state index contributed by atoms with van der Waals surface area (Å²) in [6, 6.07) is 8.36. The van der Waals surface area contributed by atoms with Crippen molar-refractivity contribution in [3.8, 4) is 0 Å². The molecule has 4 nitrogen and oxygen atoms in total. The van der Waals surface area contributed by atoms with E-state index in [9.17, 15) is 0 Å². The highest BCUT2D eigenvalue weighted by atomic mass is 32.1. The lowest BCUT2D eigenvalue weighted by molar-refractivity contribution is 0.570. The van der Waals surface area contributed by atoms with Crippen LogP contribution in [0.1, 0.15) is 49.5 Å². The van der Waals surface area contributed by atoms with Gasteiger partial charge in [0, 0.05) is 17.3 Å². The lowest BCUT2D eigenvalue weighted by atomic mass is 9.93. The summed E-state index contributed by atoms with van der Waals surface area (Å²) in [6.45, 7) is 13.0. The Bertz CT molecular complexity index is 683. The Morgan fingerprint density at radius 2 is 1.96 bits per heavy atom. The highest BCUT2D eigenvalue weighted by molar-refractivity contribution is 7.09. The third-order valence-corrected chi connectivity index (χ3v) is 4.59. The van der Waals surface area contributed by atoms with E-state index in [1.807, 2.05) is 0 Å². The van der Waals surface area contributed by atoms with Crippen molar-refractivity contribution < 1.29 is 0 Å². The Kier molecular flexibility index (Phi) is 6.37. The van der Waals surface area contributed by atoms with Crippen LogP contribution in [0.15, 0.2) is 34.6 Å². The van der Waals surface area contributed by atoms with E-state index in [1.165, 1.54) is 11.1 Å². The van der Waals surface area contributed by atoms with Crippen LogP contribution in [0.2, 0.25) is 0 Å². The molecule has 1 heterocycles.